The molecule has 2 heterocycles. The van der Waals surface area contributed by atoms with E-state index < -0.39 is 0 Å². The molecule has 0 saturated carbocycles. The Hall–Kier alpha value is -1.63. The van der Waals surface area contributed by atoms with E-state index in [-0.39, 0.29) is 5.91 Å². The molecule has 0 atom stereocenters. The van der Waals surface area contributed by atoms with Crippen molar-refractivity contribution in [3.63, 3.8) is 0 Å². The van der Waals surface area contributed by atoms with E-state index in [0.29, 0.717) is 5.75 Å². The molecule has 3 rings (SSSR count). The summed E-state index contributed by atoms with van der Waals surface area (Å²) in [6.45, 7) is 6.13. The molecule has 1 aromatic carbocycles. The predicted octanol–water partition coefficient (Wildman–Crippen LogP) is 5.67. The quantitative estimate of drug-likeness (QED) is 0.592. The number of thiophene rings is 1. The molecule has 0 bridgehead atoms. The van der Waals surface area contributed by atoms with Gasteiger partial charge in [-0.05, 0) is 43.3 Å². The molecule has 0 aliphatic heterocycles. The molecule has 6 heteroatoms. The molecule has 1 amide bonds. The van der Waals surface area contributed by atoms with Crippen molar-refractivity contribution in [1.82, 2.24) is 4.98 Å². The number of hydrogen-bond donors (Lipinski definition) is 1. The molecule has 2 aromatic heterocycles. The number of thioether (sulfide) groups is 1. The van der Waals surface area contributed by atoms with Gasteiger partial charge < -0.3 is 5.32 Å². The van der Waals surface area contributed by atoms with Gasteiger partial charge in [0.2, 0.25) is 5.91 Å². The van der Waals surface area contributed by atoms with Crippen LogP contribution in [0.15, 0.2) is 34.3 Å². The van der Waals surface area contributed by atoms with Crippen LogP contribution in [-0.2, 0) is 10.5 Å². The number of anilines is 1. The van der Waals surface area contributed by atoms with Gasteiger partial charge in [0.05, 0.1) is 11.4 Å². The molecule has 1 N–H and O–H groups in total. The summed E-state index contributed by atoms with van der Waals surface area (Å²) in [4.78, 5) is 16.9. The molecular formula is C19H20N2OS3. The summed E-state index contributed by atoms with van der Waals surface area (Å²) in [5.41, 5.74) is 6.57. The van der Waals surface area contributed by atoms with Gasteiger partial charge in [-0.2, -0.15) is 11.3 Å². The maximum Gasteiger partial charge on any atom is 0.234 e. The van der Waals surface area contributed by atoms with Crippen LogP contribution in [0.4, 0.5) is 5.69 Å². The summed E-state index contributed by atoms with van der Waals surface area (Å²) in [7, 11) is 0. The minimum atomic E-state index is 0.0355. The zero-order valence-electron chi connectivity index (χ0n) is 14.5. The van der Waals surface area contributed by atoms with Crippen molar-refractivity contribution in [3.05, 3.63) is 56.7 Å². The Bertz CT molecular complexity index is 846. The first-order valence-electron chi connectivity index (χ1n) is 7.95. The highest BCUT2D eigenvalue weighted by Gasteiger charge is 2.10. The van der Waals surface area contributed by atoms with Crippen molar-refractivity contribution in [3.8, 4) is 10.6 Å². The van der Waals surface area contributed by atoms with Gasteiger partial charge in [0.1, 0.15) is 5.01 Å². The second-order valence-electron chi connectivity index (χ2n) is 5.97. The second-order valence-corrected chi connectivity index (χ2v) is 8.59. The van der Waals surface area contributed by atoms with E-state index in [4.69, 9.17) is 0 Å². The third kappa shape index (κ3) is 4.71. The van der Waals surface area contributed by atoms with E-state index >= 15 is 0 Å². The van der Waals surface area contributed by atoms with Crippen LogP contribution in [0.5, 0.6) is 0 Å². The number of aromatic nitrogens is 1. The Labute approximate surface area is 160 Å². The lowest BCUT2D eigenvalue weighted by atomic mass is 10.1. The van der Waals surface area contributed by atoms with E-state index in [1.165, 1.54) is 11.1 Å². The lowest BCUT2D eigenvalue weighted by Crippen LogP contribution is -2.16. The van der Waals surface area contributed by atoms with Crippen molar-refractivity contribution in [2.45, 2.75) is 26.5 Å². The third-order valence-corrected chi connectivity index (χ3v) is 6.33. The number of carbonyl (C=O) groups excluding carboxylic acids is 1. The number of carbonyl (C=O) groups is 1. The Kier molecular flexibility index (Phi) is 5.93. The van der Waals surface area contributed by atoms with Gasteiger partial charge >= 0.3 is 0 Å². The minimum Gasteiger partial charge on any atom is -0.325 e. The van der Waals surface area contributed by atoms with E-state index in [0.717, 1.165) is 33.3 Å². The Morgan fingerprint density at radius 1 is 1.20 bits per heavy atom. The minimum absolute atomic E-state index is 0.0355. The zero-order valence-corrected chi connectivity index (χ0v) is 16.9. The highest BCUT2D eigenvalue weighted by molar-refractivity contribution is 7.99. The highest BCUT2D eigenvalue weighted by Crippen LogP contribution is 2.27. The molecule has 130 valence electrons. The molecule has 0 fully saturated rings. The molecule has 0 aliphatic carbocycles. The molecule has 0 radical (unpaired) electrons. The zero-order chi connectivity index (χ0) is 17.8. The van der Waals surface area contributed by atoms with Crippen LogP contribution in [0.25, 0.3) is 10.6 Å². The number of nitrogens with zero attached hydrogens (tertiary/aromatic N) is 1. The molecule has 3 aromatic rings. The lowest BCUT2D eigenvalue weighted by Gasteiger charge is -2.12. The molecule has 0 spiro atoms. The molecule has 0 saturated heterocycles. The van der Waals surface area contributed by atoms with Crippen LogP contribution < -0.4 is 5.32 Å². The van der Waals surface area contributed by atoms with Gasteiger partial charge in [-0.3, -0.25) is 4.79 Å². The maximum atomic E-state index is 12.2. The summed E-state index contributed by atoms with van der Waals surface area (Å²) in [5.74, 6) is 1.21. The summed E-state index contributed by atoms with van der Waals surface area (Å²) < 4.78 is 0. The van der Waals surface area contributed by atoms with Crippen LogP contribution >= 0.6 is 34.4 Å². The van der Waals surface area contributed by atoms with E-state index in [9.17, 15) is 4.79 Å². The standard InChI is InChI=1S/C19H20N2OS3/c1-12-6-13(2)18(14(3)7-12)21-17(22)11-24-9-16-10-25-19(20-16)15-4-5-23-8-15/h4-8,10H,9,11H2,1-3H3,(H,21,22). The smallest absolute Gasteiger partial charge is 0.234 e. The number of nitrogens with one attached hydrogen (secondary N) is 1. The van der Waals surface area contributed by atoms with Gasteiger partial charge in [0.15, 0.2) is 0 Å². The molecule has 0 aliphatic rings. The average molecular weight is 389 g/mol. The maximum absolute atomic E-state index is 12.2. The first kappa shape index (κ1) is 18.2. The van der Waals surface area contributed by atoms with Gasteiger partial charge in [-0.15, -0.1) is 23.1 Å². The Balaban J connectivity index is 1.52. The third-order valence-electron chi connectivity index (χ3n) is 3.74. The fourth-order valence-electron chi connectivity index (χ4n) is 2.69. The summed E-state index contributed by atoms with van der Waals surface area (Å²) in [5, 5.41) is 10.3. The van der Waals surface area contributed by atoms with Crippen molar-refractivity contribution in [2.75, 3.05) is 11.1 Å². The Morgan fingerprint density at radius 3 is 2.64 bits per heavy atom. The van der Waals surface area contributed by atoms with Gasteiger partial charge in [0.25, 0.3) is 0 Å². The van der Waals surface area contributed by atoms with Crippen LogP contribution in [-0.4, -0.2) is 16.6 Å². The van der Waals surface area contributed by atoms with Gasteiger partial charge in [0, 0.05) is 27.8 Å². The summed E-state index contributed by atoms with van der Waals surface area (Å²) in [6, 6.07) is 6.27. The first-order valence-corrected chi connectivity index (χ1v) is 10.9. The first-order chi connectivity index (χ1) is 12.0. The number of aryl methyl sites for hydroxylation is 3. The van der Waals surface area contributed by atoms with Crippen LogP contribution in [0.1, 0.15) is 22.4 Å². The Morgan fingerprint density at radius 2 is 1.96 bits per heavy atom. The normalized spacial score (nSPS) is 10.8. The fourth-order valence-corrected chi connectivity index (χ4v) is 5.05. The highest BCUT2D eigenvalue weighted by atomic mass is 32.2. The fraction of sp³-hybridized carbons (Fsp3) is 0.263. The van der Waals surface area contributed by atoms with Crippen molar-refractivity contribution >= 4 is 46.0 Å². The van der Waals surface area contributed by atoms with Crippen molar-refractivity contribution < 1.29 is 4.79 Å². The number of thiazole rings is 1. The number of benzene rings is 1. The van der Waals surface area contributed by atoms with Gasteiger partial charge in [-0.1, -0.05) is 17.7 Å². The molecular weight excluding hydrogens is 368 g/mol. The summed E-state index contributed by atoms with van der Waals surface area (Å²) in [6.07, 6.45) is 0. The monoisotopic (exact) mass is 388 g/mol. The molecule has 3 nitrogen and oxygen atoms in total. The van der Waals surface area contributed by atoms with E-state index in [2.05, 4.69) is 51.6 Å². The second kappa shape index (κ2) is 8.17. The van der Waals surface area contributed by atoms with Crippen LogP contribution in [0, 0.1) is 20.8 Å². The van der Waals surface area contributed by atoms with Crippen molar-refractivity contribution in [2.24, 2.45) is 0 Å². The largest absolute Gasteiger partial charge is 0.325 e. The average Bonchev–Trinajstić information content (AvgIpc) is 3.22. The van der Waals surface area contributed by atoms with Crippen LogP contribution in [0.3, 0.4) is 0 Å². The van der Waals surface area contributed by atoms with E-state index in [1.54, 1.807) is 34.4 Å². The SMILES string of the molecule is Cc1cc(C)c(NC(=O)CSCc2csc(-c3ccsc3)n2)c(C)c1. The van der Waals surface area contributed by atoms with Crippen LogP contribution in [0.2, 0.25) is 0 Å². The lowest BCUT2D eigenvalue weighted by molar-refractivity contribution is -0.113. The molecule has 25 heavy (non-hydrogen) atoms. The predicted molar refractivity (Wildman–Crippen MR) is 111 cm³/mol. The number of hydrogen-bond acceptors (Lipinski definition) is 5. The number of amides is 1. The summed E-state index contributed by atoms with van der Waals surface area (Å²) >= 11 is 4.93. The number of rotatable bonds is 6. The van der Waals surface area contributed by atoms with E-state index in [1.807, 2.05) is 13.8 Å². The molecule has 0 unspecified atom stereocenters. The van der Waals surface area contributed by atoms with Gasteiger partial charge in [-0.25, -0.2) is 4.98 Å². The van der Waals surface area contributed by atoms with Crippen molar-refractivity contribution in [1.29, 1.82) is 0 Å². The topological polar surface area (TPSA) is 42.0 Å².